The number of rotatable bonds is 6. The minimum Gasteiger partial charge on any atom is -0.489 e. The molecular weight excluding hydrogens is 374 g/mol. The summed E-state index contributed by atoms with van der Waals surface area (Å²) in [5.41, 5.74) is 5.59. The fourth-order valence-electron chi connectivity index (χ4n) is 3.51. The third-order valence-corrected chi connectivity index (χ3v) is 5.07. The first-order valence-corrected chi connectivity index (χ1v) is 9.86. The fourth-order valence-corrected chi connectivity index (χ4v) is 3.51. The lowest BCUT2D eigenvalue weighted by molar-refractivity contribution is -0.115. The van der Waals surface area contributed by atoms with Crippen molar-refractivity contribution in [2.45, 2.75) is 26.9 Å². The van der Waals surface area contributed by atoms with Crippen LogP contribution >= 0.6 is 0 Å². The predicted octanol–water partition coefficient (Wildman–Crippen LogP) is 5.01. The Hall–Kier alpha value is -3.73. The summed E-state index contributed by atoms with van der Waals surface area (Å²) in [5.74, 6) is 0.610. The molecule has 2 aromatic heterocycles. The Bertz CT molecular complexity index is 1190. The Morgan fingerprint density at radius 1 is 1.03 bits per heavy atom. The van der Waals surface area contributed by atoms with Crippen molar-refractivity contribution in [2.24, 2.45) is 0 Å². The third kappa shape index (κ3) is 4.46. The van der Waals surface area contributed by atoms with Crippen molar-refractivity contribution in [1.29, 1.82) is 0 Å². The lowest BCUT2D eigenvalue weighted by Gasteiger charge is -2.13. The van der Waals surface area contributed by atoms with Crippen LogP contribution in [0.15, 0.2) is 73.1 Å². The number of aryl methyl sites for hydroxylation is 2. The van der Waals surface area contributed by atoms with Crippen LogP contribution < -0.4 is 10.1 Å². The molecule has 0 unspecified atom stereocenters. The summed E-state index contributed by atoms with van der Waals surface area (Å²) >= 11 is 0. The van der Waals surface area contributed by atoms with Crippen LogP contribution in [0.25, 0.3) is 10.9 Å². The largest absolute Gasteiger partial charge is 0.489 e. The number of pyridine rings is 2. The average Bonchev–Trinajstić information content (AvgIpc) is 2.76. The zero-order valence-corrected chi connectivity index (χ0v) is 17.1. The van der Waals surface area contributed by atoms with Gasteiger partial charge in [-0.15, -0.1) is 0 Å². The van der Waals surface area contributed by atoms with Gasteiger partial charge in [0.2, 0.25) is 5.91 Å². The summed E-state index contributed by atoms with van der Waals surface area (Å²) in [4.78, 5) is 21.5. The van der Waals surface area contributed by atoms with Crippen molar-refractivity contribution in [3.63, 3.8) is 0 Å². The number of ether oxygens (including phenoxy) is 1. The lowest BCUT2D eigenvalue weighted by Crippen LogP contribution is -2.16. The zero-order chi connectivity index (χ0) is 20.9. The van der Waals surface area contributed by atoms with E-state index in [4.69, 9.17) is 4.74 Å². The number of para-hydroxylation sites is 1. The van der Waals surface area contributed by atoms with E-state index in [0.29, 0.717) is 18.0 Å². The van der Waals surface area contributed by atoms with Gasteiger partial charge >= 0.3 is 0 Å². The van der Waals surface area contributed by atoms with Gasteiger partial charge in [0, 0.05) is 40.8 Å². The van der Waals surface area contributed by atoms with Crippen LogP contribution in [-0.2, 0) is 17.8 Å². The van der Waals surface area contributed by atoms with E-state index >= 15 is 0 Å². The van der Waals surface area contributed by atoms with Gasteiger partial charge in [0.05, 0.1) is 11.9 Å². The first-order valence-electron chi connectivity index (χ1n) is 9.86. The van der Waals surface area contributed by atoms with Gasteiger partial charge in [-0.05, 0) is 49.2 Å². The Balaban J connectivity index is 1.45. The van der Waals surface area contributed by atoms with Crippen LogP contribution in [0.3, 0.4) is 0 Å². The van der Waals surface area contributed by atoms with E-state index in [1.165, 1.54) is 0 Å². The molecule has 0 atom stereocenters. The van der Waals surface area contributed by atoms with E-state index in [2.05, 4.69) is 15.3 Å². The molecular formula is C25H23N3O2. The molecule has 1 amide bonds. The normalized spacial score (nSPS) is 10.7. The van der Waals surface area contributed by atoms with Crippen LogP contribution in [0.4, 0.5) is 5.69 Å². The Kier molecular flexibility index (Phi) is 5.70. The summed E-state index contributed by atoms with van der Waals surface area (Å²) in [6.45, 7) is 4.42. The second-order valence-electron chi connectivity index (χ2n) is 7.22. The molecule has 0 aliphatic rings. The molecule has 5 heteroatoms. The Morgan fingerprint density at radius 3 is 2.73 bits per heavy atom. The number of hydrogen-bond acceptors (Lipinski definition) is 4. The van der Waals surface area contributed by atoms with Gasteiger partial charge in [-0.1, -0.05) is 30.3 Å². The molecule has 1 N–H and O–H groups in total. The molecule has 0 bridgehead atoms. The van der Waals surface area contributed by atoms with Crippen molar-refractivity contribution < 1.29 is 9.53 Å². The summed E-state index contributed by atoms with van der Waals surface area (Å²) in [7, 11) is 0. The van der Waals surface area contributed by atoms with E-state index < -0.39 is 0 Å². The highest BCUT2D eigenvalue weighted by Crippen LogP contribution is 2.24. The molecule has 4 aromatic rings. The molecule has 4 rings (SSSR count). The van der Waals surface area contributed by atoms with E-state index in [1.54, 1.807) is 12.4 Å². The van der Waals surface area contributed by atoms with E-state index in [1.807, 2.05) is 74.5 Å². The second kappa shape index (κ2) is 8.74. The number of anilines is 1. The topological polar surface area (TPSA) is 64.1 Å². The standard InChI is InChI=1S/C25H23N3O2/c1-17-22-10-3-4-11-24(22)27-18(2)23(17)14-25(29)28-20-8-5-9-21(13-20)30-16-19-7-6-12-26-15-19/h3-13,15H,14,16H2,1-2H3,(H,28,29). The maximum absolute atomic E-state index is 12.7. The molecule has 0 aliphatic carbocycles. The maximum atomic E-state index is 12.7. The lowest BCUT2D eigenvalue weighted by atomic mass is 9.99. The predicted molar refractivity (Wildman–Crippen MR) is 119 cm³/mol. The van der Waals surface area contributed by atoms with Gasteiger partial charge in [0.25, 0.3) is 0 Å². The monoisotopic (exact) mass is 397 g/mol. The van der Waals surface area contributed by atoms with Crippen LogP contribution in [0.2, 0.25) is 0 Å². The number of carbonyl (C=O) groups excluding carboxylic acids is 1. The average molecular weight is 397 g/mol. The molecule has 0 saturated carbocycles. The van der Waals surface area contributed by atoms with Crippen LogP contribution in [0.1, 0.15) is 22.4 Å². The number of nitrogens with zero attached hydrogens (tertiary/aromatic N) is 2. The quantitative estimate of drug-likeness (QED) is 0.497. The van der Waals surface area contributed by atoms with Gasteiger partial charge in [0.15, 0.2) is 0 Å². The first-order chi connectivity index (χ1) is 14.6. The summed E-state index contributed by atoms with van der Waals surface area (Å²) in [5, 5.41) is 4.05. The minimum atomic E-state index is -0.0808. The molecule has 0 aliphatic heterocycles. The molecule has 5 nitrogen and oxygen atoms in total. The number of aromatic nitrogens is 2. The van der Waals surface area contributed by atoms with Crippen molar-refractivity contribution in [2.75, 3.05) is 5.32 Å². The molecule has 30 heavy (non-hydrogen) atoms. The molecule has 0 spiro atoms. The van der Waals surface area contributed by atoms with Crippen LogP contribution in [0, 0.1) is 13.8 Å². The van der Waals surface area contributed by atoms with Crippen molar-refractivity contribution in [1.82, 2.24) is 9.97 Å². The number of fused-ring (bicyclic) bond motifs is 1. The van der Waals surface area contributed by atoms with Crippen LogP contribution in [0.5, 0.6) is 5.75 Å². The molecule has 0 fully saturated rings. The highest BCUT2D eigenvalue weighted by atomic mass is 16.5. The molecule has 0 saturated heterocycles. The first kappa shape index (κ1) is 19.6. The van der Waals surface area contributed by atoms with E-state index in [9.17, 15) is 4.79 Å². The highest BCUT2D eigenvalue weighted by molar-refractivity contribution is 5.94. The number of amides is 1. The fraction of sp³-hybridized carbons (Fsp3) is 0.160. The highest BCUT2D eigenvalue weighted by Gasteiger charge is 2.13. The number of nitrogens with one attached hydrogen (secondary N) is 1. The number of hydrogen-bond donors (Lipinski definition) is 1. The SMILES string of the molecule is Cc1nc2ccccc2c(C)c1CC(=O)Nc1cccc(OCc2cccnc2)c1. The van der Waals surface area contributed by atoms with Crippen molar-refractivity contribution in [3.05, 3.63) is 95.4 Å². The van der Waals surface area contributed by atoms with E-state index in [0.717, 1.165) is 33.3 Å². The van der Waals surface area contributed by atoms with Gasteiger partial charge in [-0.2, -0.15) is 0 Å². The summed E-state index contributed by atoms with van der Waals surface area (Å²) < 4.78 is 5.82. The number of benzene rings is 2. The second-order valence-corrected chi connectivity index (χ2v) is 7.22. The van der Waals surface area contributed by atoms with Gasteiger partial charge in [0.1, 0.15) is 12.4 Å². The van der Waals surface area contributed by atoms with E-state index in [-0.39, 0.29) is 12.3 Å². The molecule has 2 aromatic carbocycles. The minimum absolute atomic E-state index is 0.0808. The van der Waals surface area contributed by atoms with Gasteiger partial charge in [-0.25, -0.2) is 0 Å². The zero-order valence-electron chi connectivity index (χ0n) is 17.1. The number of carbonyl (C=O) groups is 1. The summed E-state index contributed by atoms with van der Waals surface area (Å²) in [6.07, 6.45) is 3.78. The Labute approximate surface area is 175 Å². The van der Waals surface area contributed by atoms with Crippen molar-refractivity contribution >= 4 is 22.5 Å². The Morgan fingerprint density at radius 2 is 1.90 bits per heavy atom. The summed E-state index contributed by atoms with van der Waals surface area (Å²) in [6, 6.07) is 19.3. The molecule has 2 heterocycles. The van der Waals surface area contributed by atoms with Crippen molar-refractivity contribution in [3.8, 4) is 5.75 Å². The smallest absolute Gasteiger partial charge is 0.228 e. The van der Waals surface area contributed by atoms with Crippen LogP contribution in [-0.4, -0.2) is 15.9 Å². The maximum Gasteiger partial charge on any atom is 0.228 e. The molecule has 0 radical (unpaired) electrons. The van der Waals surface area contributed by atoms with Gasteiger partial charge in [-0.3, -0.25) is 14.8 Å². The third-order valence-electron chi connectivity index (χ3n) is 5.07. The van der Waals surface area contributed by atoms with Gasteiger partial charge < -0.3 is 10.1 Å². The molecule has 150 valence electrons.